The van der Waals surface area contributed by atoms with Crippen molar-refractivity contribution in [1.29, 1.82) is 0 Å². The first-order chi connectivity index (χ1) is 9.97. The monoisotopic (exact) mass is 304 g/mol. The lowest BCUT2D eigenvalue weighted by Gasteiger charge is -2.08. The number of hydrogen-bond donors (Lipinski definition) is 2. The summed E-state index contributed by atoms with van der Waals surface area (Å²) in [4.78, 5) is 27.6. The molecule has 0 aliphatic heterocycles. The zero-order chi connectivity index (χ0) is 15.1. The molecule has 1 aliphatic carbocycles. The Labute approximate surface area is 127 Å². The number of H-pyrrole nitrogens is 2. The van der Waals surface area contributed by atoms with Crippen molar-refractivity contribution in [3.05, 3.63) is 44.4 Å². The lowest BCUT2D eigenvalue weighted by atomic mass is 10.0. The van der Waals surface area contributed by atoms with Gasteiger partial charge in [0, 0.05) is 6.20 Å². The van der Waals surface area contributed by atoms with Crippen LogP contribution in [-0.2, 0) is 0 Å². The third kappa shape index (κ3) is 2.85. The summed E-state index contributed by atoms with van der Waals surface area (Å²) in [6.45, 7) is 6.39. The molecule has 3 rings (SSSR count). The second kappa shape index (κ2) is 5.84. The van der Waals surface area contributed by atoms with Gasteiger partial charge in [0.05, 0.1) is 11.3 Å². The van der Waals surface area contributed by atoms with Crippen LogP contribution >= 0.6 is 0 Å². The second-order valence-corrected chi connectivity index (χ2v) is 6.01. The average Bonchev–Trinajstić information content (AvgIpc) is 3.20. The summed E-state index contributed by atoms with van der Waals surface area (Å²) in [5, 5.41) is 8.27. The fraction of sp³-hybridized carbons (Fsp3) is 0.467. The van der Waals surface area contributed by atoms with Gasteiger partial charge in [0.25, 0.3) is 5.56 Å². The summed E-state index contributed by atoms with van der Waals surface area (Å²) in [5.41, 5.74) is 1.94. The molecule has 1 aliphatic rings. The van der Waals surface area contributed by atoms with Crippen molar-refractivity contribution >= 4 is 0 Å². The second-order valence-electron chi connectivity index (χ2n) is 6.01. The Morgan fingerprint density at radius 3 is 2.59 bits per heavy atom. The SMILES string of the molecule is Cc1nnc(-c2c[nH]c(=O)[nH]c2=O)cc1[C@H]1C[C@@H]1C(C)C.O. The molecule has 2 aromatic rings. The van der Waals surface area contributed by atoms with Crippen LogP contribution in [-0.4, -0.2) is 25.6 Å². The van der Waals surface area contributed by atoms with Crippen LogP contribution in [0, 0.1) is 18.8 Å². The van der Waals surface area contributed by atoms with E-state index >= 15 is 0 Å². The molecule has 2 aromatic heterocycles. The Hall–Kier alpha value is -2.28. The first kappa shape index (κ1) is 16.1. The standard InChI is InChI=1S/C15H18N4O2.H2O/c1-7(2)9-4-11(9)10-5-13(19-18-8(10)3)12-6-16-15(21)17-14(12)20;/h5-7,9,11H,4H2,1-3H3,(H2,16,17,20,21);1H2/t9-,11+;/m1./s1. The van der Waals surface area contributed by atoms with E-state index in [4.69, 9.17) is 0 Å². The molecule has 1 saturated carbocycles. The smallest absolute Gasteiger partial charge is 0.325 e. The fourth-order valence-electron chi connectivity index (χ4n) is 2.88. The van der Waals surface area contributed by atoms with E-state index in [9.17, 15) is 9.59 Å². The average molecular weight is 304 g/mol. The van der Waals surface area contributed by atoms with Gasteiger partial charge >= 0.3 is 5.69 Å². The van der Waals surface area contributed by atoms with Crippen molar-refractivity contribution in [3.63, 3.8) is 0 Å². The van der Waals surface area contributed by atoms with E-state index in [2.05, 4.69) is 34.0 Å². The van der Waals surface area contributed by atoms with Gasteiger partial charge in [-0.15, -0.1) is 5.10 Å². The van der Waals surface area contributed by atoms with Gasteiger partial charge in [-0.1, -0.05) is 13.8 Å². The molecule has 7 nitrogen and oxygen atoms in total. The largest absolute Gasteiger partial charge is 0.412 e. The maximum atomic E-state index is 11.9. The van der Waals surface area contributed by atoms with Gasteiger partial charge in [-0.3, -0.25) is 9.78 Å². The molecule has 2 heterocycles. The predicted octanol–water partition coefficient (Wildman–Crippen LogP) is 0.763. The van der Waals surface area contributed by atoms with E-state index in [0.29, 0.717) is 29.0 Å². The number of aromatic nitrogens is 4. The van der Waals surface area contributed by atoms with Crippen molar-refractivity contribution in [1.82, 2.24) is 20.2 Å². The Kier molecular flexibility index (Phi) is 4.27. The highest BCUT2D eigenvalue weighted by atomic mass is 16.2. The Morgan fingerprint density at radius 2 is 2.00 bits per heavy atom. The summed E-state index contributed by atoms with van der Waals surface area (Å²) >= 11 is 0. The molecule has 0 amide bonds. The highest BCUT2D eigenvalue weighted by Crippen LogP contribution is 2.52. The van der Waals surface area contributed by atoms with E-state index in [1.165, 1.54) is 6.20 Å². The van der Waals surface area contributed by atoms with Crippen molar-refractivity contribution in [3.8, 4) is 11.3 Å². The molecular weight excluding hydrogens is 284 g/mol. The maximum absolute atomic E-state index is 11.9. The van der Waals surface area contributed by atoms with Gasteiger partial charge in [0.2, 0.25) is 0 Å². The lowest BCUT2D eigenvalue weighted by Crippen LogP contribution is -2.23. The lowest BCUT2D eigenvalue weighted by molar-refractivity contribution is 0.547. The highest BCUT2D eigenvalue weighted by Gasteiger charge is 2.41. The van der Waals surface area contributed by atoms with Crippen molar-refractivity contribution in [2.75, 3.05) is 0 Å². The van der Waals surface area contributed by atoms with Crippen LogP contribution < -0.4 is 11.2 Å². The number of aryl methyl sites for hydroxylation is 1. The molecule has 0 aromatic carbocycles. The third-order valence-corrected chi connectivity index (χ3v) is 4.21. The fourth-order valence-corrected chi connectivity index (χ4v) is 2.88. The molecule has 4 N–H and O–H groups in total. The number of nitrogens with one attached hydrogen (secondary N) is 2. The molecule has 0 radical (unpaired) electrons. The summed E-state index contributed by atoms with van der Waals surface area (Å²) in [6.07, 6.45) is 2.54. The normalized spacial score (nSPS) is 19.8. The molecular formula is C15H20N4O3. The number of rotatable bonds is 3. The van der Waals surface area contributed by atoms with Crippen LogP contribution in [0.3, 0.4) is 0 Å². The van der Waals surface area contributed by atoms with Crippen LogP contribution in [0.25, 0.3) is 11.3 Å². The van der Waals surface area contributed by atoms with Gasteiger partial charge in [0.15, 0.2) is 0 Å². The van der Waals surface area contributed by atoms with E-state index in [-0.39, 0.29) is 5.48 Å². The first-order valence-corrected chi connectivity index (χ1v) is 7.14. The minimum Gasteiger partial charge on any atom is -0.412 e. The number of hydrogen-bond acceptors (Lipinski definition) is 4. The van der Waals surface area contributed by atoms with E-state index in [1.807, 2.05) is 13.0 Å². The van der Waals surface area contributed by atoms with Gasteiger partial charge in [0.1, 0.15) is 5.69 Å². The number of aromatic amines is 2. The summed E-state index contributed by atoms with van der Waals surface area (Å²) in [7, 11) is 0. The van der Waals surface area contributed by atoms with Gasteiger partial charge in [-0.25, -0.2) is 4.79 Å². The van der Waals surface area contributed by atoms with Crippen LogP contribution in [0.15, 0.2) is 21.9 Å². The molecule has 118 valence electrons. The molecule has 1 fully saturated rings. The van der Waals surface area contributed by atoms with Gasteiger partial charge in [-0.05, 0) is 42.7 Å². The zero-order valence-corrected chi connectivity index (χ0v) is 12.8. The van der Waals surface area contributed by atoms with Crippen molar-refractivity contribution in [2.45, 2.75) is 33.1 Å². The minimum atomic E-state index is -0.522. The Balaban J connectivity index is 0.00000176. The van der Waals surface area contributed by atoms with E-state index in [1.54, 1.807) is 0 Å². The molecule has 0 saturated heterocycles. The van der Waals surface area contributed by atoms with Crippen molar-refractivity contribution in [2.24, 2.45) is 11.8 Å². The Morgan fingerprint density at radius 1 is 1.27 bits per heavy atom. The minimum absolute atomic E-state index is 0. The zero-order valence-electron chi connectivity index (χ0n) is 12.8. The molecule has 0 spiro atoms. The van der Waals surface area contributed by atoms with E-state index < -0.39 is 11.2 Å². The van der Waals surface area contributed by atoms with Crippen molar-refractivity contribution < 1.29 is 5.48 Å². The van der Waals surface area contributed by atoms with Crippen LogP contribution in [0.4, 0.5) is 0 Å². The van der Waals surface area contributed by atoms with Crippen LogP contribution in [0.5, 0.6) is 0 Å². The maximum Gasteiger partial charge on any atom is 0.325 e. The molecule has 2 atom stereocenters. The highest BCUT2D eigenvalue weighted by molar-refractivity contribution is 5.57. The Bertz CT molecular complexity index is 794. The van der Waals surface area contributed by atoms with Gasteiger partial charge < -0.3 is 10.5 Å². The molecule has 0 bridgehead atoms. The van der Waals surface area contributed by atoms with Gasteiger partial charge in [-0.2, -0.15) is 5.10 Å². The molecule has 7 heteroatoms. The molecule has 0 unspecified atom stereocenters. The third-order valence-electron chi connectivity index (χ3n) is 4.21. The first-order valence-electron chi connectivity index (χ1n) is 7.14. The quantitative estimate of drug-likeness (QED) is 0.868. The van der Waals surface area contributed by atoms with Crippen LogP contribution in [0.1, 0.15) is 37.4 Å². The number of nitrogens with zero attached hydrogens (tertiary/aromatic N) is 2. The predicted molar refractivity (Wildman–Crippen MR) is 82.7 cm³/mol. The molecule has 22 heavy (non-hydrogen) atoms. The van der Waals surface area contributed by atoms with Crippen LogP contribution in [0.2, 0.25) is 0 Å². The topological polar surface area (TPSA) is 123 Å². The summed E-state index contributed by atoms with van der Waals surface area (Å²) in [6, 6.07) is 1.93. The summed E-state index contributed by atoms with van der Waals surface area (Å²) in [5.74, 6) is 1.82. The van der Waals surface area contributed by atoms with E-state index in [0.717, 1.165) is 17.7 Å². The summed E-state index contributed by atoms with van der Waals surface area (Å²) < 4.78 is 0.